The van der Waals surface area contributed by atoms with E-state index in [-0.39, 0.29) is 17.8 Å². The number of aromatic nitrogens is 3. The Morgan fingerprint density at radius 2 is 1.74 bits per heavy atom. The van der Waals surface area contributed by atoms with Crippen molar-refractivity contribution in [1.82, 2.24) is 25.0 Å². The quantitative estimate of drug-likeness (QED) is 0.438. The lowest BCUT2D eigenvalue weighted by Gasteiger charge is -2.34. The van der Waals surface area contributed by atoms with Crippen molar-refractivity contribution in [2.45, 2.75) is 18.9 Å². The highest BCUT2D eigenvalue weighted by Gasteiger charge is 2.25. The summed E-state index contributed by atoms with van der Waals surface area (Å²) in [6.07, 6.45) is -0.323. The molecule has 1 aliphatic heterocycles. The third kappa shape index (κ3) is 6.09. The van der Waals surface area contributed by atoms with E-state index in [1.165, 1.54) is 11.8 Å². The van der Waals surface area contributed by atoms with Crippen molar-refractivity contribution in [1.29, 1.82) is 0 Å². The van der Waals surface area contributed by atoms with Gasteiger partial charge in [0.25, 0.3) is 0 Å². The summed E-state index contributed by atoms with van der Waals surface area (Å²) in [6.45, 7) is 6.06. The molecule has 0 atom stereocenters. The first-order valence-electron chi connectivity index (χ1n) is 11.3. The second kappa shape index (κ2) is 11.5. The normalized spacial score (nSPS) is 13.6. The number of ether oxygens (including phenoxy) is 2. The molecule has 4 rings (SSSR count). The van der Waals surface area contributed by atoms with Crippen molar-refractivity contribution in [3.8, 4) is 26.9 Å². The summed E-state index contributed by atoms with van der Waals surface area (Å²) in [7, 11) is 1.64. The zero-order valence-electron chi connectivity index (χ0n) is 19.9. The molecule has 0 bridgehead atoms. The predicted octanol–water partition coefficient (Wildman–Crippen LogP) is 3.98. The fourth-order valence-electron chi connectivity index (χ4n) is 3.59. The van der Waals surface area contributed by atoms with Crippen molar-refractivity contribution in [2.75, 3.05) is 45.6 Å². The Morgan fingerprint density at radius 3 is 2.37 bits per heavy atom. The summed E-state index contributed by atoms with van der Waals surface area (Å²) in [4.78, 5) is 33.5. The van der Waals surface area contributed by atoms with Gasteiger partial charge in [-0.15, -0.1) is 21.5 Å². The maximum Gasteiger partial charge on any atom is 0.409 e. The van der Waals surface area contributed by atoms with E-state index in [9.17, 15) is 9.59 Å². The van der Waals surface area contributed by atoms with Crippen LogP contribution in [0.25, 0.3) is 21.1 Å². The van der Waals surface area contributed by atoms with Crippen LogP contribution in [0.1, 0.15) is 12.6 Å². The topological polar surface area (TPSA) is 97.8 Å². The van der Waals surface area contributed by atoms with Gasteiger partial charge in [0.15, 0.2) is 0 Å². The number of aryl methyl sites for hydroxylation is 1. The lowest BCUT2D eigenvalue weighted by molar-refractivity contribution is -0.129. The van der Waals surface area contributed by atoms with Crippen LogP contribution >= 0.6 is 23.1 Å². The zero-order chi connectivity index (χ0) is 24.8. The molecule has 0 aliphatic carbocycles. The van der Waals surface area contributed by atoms with Crippen LogP contribution < -0.4 is 4.74 Å². The Balaban J connectivity index is 1.32. The van der Waals surface area contributed by atoms with E-state index in [0.717, 1.165) is 32.6 Å². The smallest absolute Gasteiger partial charge is 0.409 e. The van der Waals surface area contributed by atoms with Gasteiger partial charge >= 0.3 is 6.09 Å². The Kier molecular flexibility index (Phi) is 8.19. The van der Waals surface area contributed by atoms with Gasteiger partial charge in [-0.1, -0.05) is 11.8 Å². The number of carbonyl (C=O) groups is 2. The molecule has 1 aromatic carbocycles. The average molecular weight is 514 g/mol. The van der Waals surface area contributed by atoms with Gasteiger partial charge in [0, 0.05) is 31.7 Å². The number of nitrogens with zero attached hydrogens (tertiary/aromatic N) is 5. The highest BCUT2D eigenvalue weighted by molar-refractivity contribution is 7.99. The number of rotatable bonds is 7. The van der Waals surface area contributed by atoms with Crippen molar-refractivity contribution >= 4 is 35.1 Å². The fourth-order valence-corrected chi connectivity index (χ4v) is 5.34. The minimum Gasteiger partial charge on any atom is -0.497 e. The van der Waals surface area contributed by atoms with Crippen LogP contribution in [0.4, 0.5) is 4.79 Å². The first-order valence-corrected chi connectivity index (χ1v) is 13.1. The molecule has 1 aliphatic rings. The first kappa shape index (κ1) is 24.9. The Bertz CT molecular complexity index is 1160. The molecule has 0 spiro atoms. The summed E-state index contributed by atoms with van der Waals surface area (Å²) in [6, 6.07) is 11.6. The van der Waals surface area contributed by atoms with Gasteiger partial charge < -0.3 is 19.3 Å². The molecule has 1 fully saturated rings. The Hall–Kier alpha value is -3.18. The molecule has 2 aromatic heterocycles. The summed E-state index contributed by atoms with van der Waals surface area (Å²) >= 11 is 2.93. The number of thioether (sulfide) groups is 1. The van der Waals surface area contributed by atoms with E-state index in [1.807, 2.05) is 43.3 Å². The molecule has 3 heterocycles. The van der Waals surface area contributed by atoms with Crippen LogP contribution in [0, 0.1) is 6.92 Å². The van der Waals surface area contributed by atoms with Gasteiger partial charge in [-0.25, -0.2) is 9.78 Å². The van der Waals surface area contributed by atoms with Crippen molar-refractivity contribution in [2.24, 2.45) is 0 Å². The number of carbonyl (C=O) groups excluding carboxylic acids is 2. The van der Waals surface area contributed by atoms with E-state index in [1.54, 1.807) is 35.2 Å². The van der Waals surface area contributed by atoms with Gasteiger partial charge in [-0.3, -0.25) is 4.79 Å². The summed E-state index contributed by atoms with van der Waals surface area (Å²) in [5.41, 5.74) is 2.67. The van der Waals surface area contributed by atoms with Crippen LogP contribution in [-0.4, -0.2) is 82.6 Å². The van der Waals surface area contributed by atoms with Crippen LogP contribution in [0.15, 0.2) is 41.4 Å². The van der Waals surface area contributed by atoms with Gasteiger partial charge in [0.1, 0.15) is 21.5 Å². The number of methoxy groups -OCH3 is 1. The van der Waals surface area contributed by atoms with Crippen LogP contribution in [0.5, 0.6) is 5.75 Å². The minimum atomic E-state index is -0.323. The molecule has 9 nitrogen and oxygen atoms in total. The second-order valence-corrected chi connectivity index (χ2v) is 9.77. The zero-order valence-corrected chi connectivity index (χ0v) is 21.5. The van der Waals surface area contributed by atoms with E-state index >= 15 is 0 Å². The molecule has 1 saturated heterocycles. The lowest BCUT2D eigenvalue weighted by atomic mass is 10.2. The molecule has 0 saturated carbocycles. The van der Waals surface area contributed by atoms with Crippen molar-refractivity contribution < 1.29 is 19.1 Å². The maximum atomic E-state index is 12.6. The first-order chi connectivity index (χ1) is 17.0. The molecule has 3 aromatic rings. The predicted molar refractivity (Wildman–Crippen MR) is 136 cm³/mol. The number of hydrogen-bond acceptors (Lipinski definition) is 9. The molecule has 184 valence electrons. The SMILES string of the molecule is CCOC(=O)N1CCN(C(=O)CSc2ccc(-c3sc(-c4ccc(OC)cc4)nc3C)nn2)CC1. The van der Waals surface area contributed by atoms with E-state index in [2.05, 4.69) is 10.2 Å². The summed E-state index contributed by atoms with van der Waals surface area (Å²) < 4.78 is 10.2. The highest BCUT2D eigenvalue weighted by Crippen LogP contribution is 2.35. The average Bonchev–Trinajstić information content (AvgIpc) is 3.29. The number of piperazine rings is 1. The van der Waals surface area contributed by atoms with E-state index in [4.69, 9.17) is 14.5 Å². The molecule has 2 amide bonds. The number of amides is 2. The van der Waals surface area contributed by atoms with Gasteiger partial charge in [0.05, 0.1) is 30.0 Å². The summed E-state index contributed by atoms with van der Waals surface area (Å²) in [5, 5.41) is 10.3. The Labute approximate surface area is 212 Å². The molecule has 35 heavy (non-hydrogen) atoms. The van der Waals surface area contributed by atoms with E-state index in [0.29, 0.717) is 37.8 Å². The fraction of sp³-hybridized carbons (Fsp3) is 0.375. The van der Waals surface area contributed by atoms with Crippen LogP contribution in [-0.2, 0) is 9.53 Å². The van der Waals surface area contributed by atoms with Crippen LogP contribution in [0.2, 0.25) is 0 Å². The van der Waals surface area contributed by atoms with Gasteiger partial charge in [0.2, 0.25) is 5.91 Å². The third-order valence-electron chi connectivity index (χ3n) is 5.51. The Morgan fingerprint density at radius 1 is 1.03 bits per heavy atom. The van der Waals surface area contributed by atoms with Crippen LogP contribution in [0.3, 0.4) is 0 Å². The second-order valence-electron chi connectivity index (χ2n) is 7.77. The molecule has 0 radical (unpaired) electrons. The van der Waals surface area contributed by atoms with Gasteiger partial charge in [-0.05, 0) is 50.2 Å². The number of hydrogen-bond donors (Lipinski definition) is 0. The van der Waals surface area contributed by atoms with Gasteiger partial charge in [-0.2, -0.15) is 0 Å². The largest absolute Gasteiger partial charge is 0.497 e. The third-order valence-corrected chi connectivity index (χ3v) is 7.64. The lowest BCUT2D eigenvalue weighted by Crippen LogP contribution is -2.51. The molecule has 0 unspecified atom stereocenters. The number of benzene rings is 1. The molecule has 0 N–H and O–H groups in total. The molecular formula is C24H27N5O4S2. The van der Waals surface area contributed by atoms with E-state index < -0.39 is 0 Å². The number of thiazole rings is 1. The molecular weight excluding hydrogens is 486 g/mol. The highest BCUT2D eigenvalue weighted by atomic mass is 32.2. The monoisotopic (exact) mass is 513 g/mol. The summed E-state index contributed by atoms with van der Waals surface area (Å²) in [5.74, 6) is 1.10. The van der Waals surface area contributed by atoms with Crippen molar-refractivity contribution in [3.05, 3.63) is 42.1 Å². The maximum absolute atomic E-state index is 12.6. The van der Waals surface area contributed by atoms with Crippen molar-refractivity contribution in [3.63, 3.8) is 0 Å². The molecule has 11 heteroatoms. The standard InChI is InChI=1S/C24H27N5O4S2/c1-4-33-24(31)29-13-11-28(12-14-29)21(30)15-34-20-10-9-19(26-27-20)22-16(2)25-23(35-22)17-5-7-18(32-3)8-6-17/h5-10H,4,11-15H2,1-3H3. The minimum absolute atomic E-state index is 0.0202.